The zero-order chi connectivity index (χ0) is 23.5. The monoisotopic (exact) mass is 552 g/mol. The third-order valence-electron chi connectivity index (χ3n) is 5.60. The first-order valence-corrected chi connectivity index (χ1v) is 13.5. The van der Waals surface area contributed by atoms with E-state index in [1.165, 1.54) is 16.6 Å². The summed E-state index contributed by atoms with van der Waals surface area (Å²) in [5.74, 6) is -0.184. The van der Waals surface area contributed by atoms with Gasteiger partial charge in [-0.2, -0.15) is 5.10 Å². The highest BCUT2D eigenvalue weighted by Crippen LogP contribution is 2.35. The number of hydrazone groups is 1. The number of aromatic nitrogens is 2. The number of benzene rings is 2. The van der Waals surface area contributed by atoms with Gasteiger partial charge in [-0.3, -0.25) is 14.2 Å². The minimum absolute atomic E-state index is 0.0644. The van der Waals surface area contributed by atoms with Gasteiger partial charge in [-0.15, -0.1) is 11.3 Å². The maximum absolute atomic E-state index is 13.7. The number of fused-ring (bicyclic) bond motifs is 3. The molecule has 1 aliphatic rings. The zero-order valence-corrected chi connectivity index (χ0v) is 21.4. The fraction of sp³-hybridized carbons (Fsp3) is 0.200. The number of nitrogens with zero attached hydrogens (tertiary/aromatic N) is 3. The molecule has 172 valence electrons. The zero-order valence-electron chi connectivity index (χ0n) is 18.2. The van der Waals surface area contributed by atoms with E-state index in [4.69, 9.17) is 4.98 Å². The van der Waals surface area contributed by atoms with E-state index in [1.807, 2.05) is 54.6 Å². The molecule has 1 amide bonds. The number of carbonyl (C=O) groups excluding carboxylic acids is 1. The molecule has 1 aliphatic carbocycles. The number of para-hydroxylation sites is 1. The van der Waals surface area contributed by atoms with E-state index in [-0.39, 0.29) is 17.2 Å². The van der Waals surface area contributed by atoms with E-state index in [0.717, 1.165) is 57.2 Å². The van der Waals surface area contributed by atoms with Crippen LogP contribution in [0.4, 0.5) is 0 Å². The van der Waals surface area contributed by atoms with Gasteiger partial charge < -0.3 is 0 Å². The molecule has 0 aliphatic heterocycles. The van der Waals surface area contributed by atoms with Crippen LogP contribution in [-0.4, -0.2) is 27.4 Å². The minimum atomic E-state index is -0.271. The Balaban J connectivity index is 1.42. The molecule has 6 nitrogen and oxygen atoms in total. The van der Waals surface area contributed by atoms with Crippen molar-refractivity contribution in [2.75, 3.05) is 5.75 Å². The lowest BCUT2D eigenvalue weighted by atomic mass is 9.97. The first-order chi connectivity index (χ1) is 16.6. The highest BCUT2D eigenvalue weighted by atomic mass is 79.9. The highest BCUT2D eigenvalue weighted by Gasteiger charge is 2.23. The van der Waals surface area contributed by atoms with Crippen molar-refractivity contribution in [3.8, 4) is 5.69 Å². The molecule has 2 aromatic heterocycles. The van der Waals surface area contributed by atoms with Crippen LogP contribution in [0.25, 0.3) is 15.9 Å². The van der Waals surface area contributed by atoms with Gasteiger partial charge in [0, 0.05) is 14.9 Å². The molecule has 4 aromatic rings. The quantitative estimate of drug-likeness (QED) is 0.152. The van der Waals surface area contributed by atoms with E-state index in [2.05, 4.69) is 26.5 Å². The van der Waals surface area contributed by atoms with E-state index < -0.39 is 0 Å². The predicted octanol–water partition coefficient (Wildman–Crippen LogP) is 5.33. The molecule has 0 fully saturated rings. The molecule has 0 saturated heterocycles. The average Bonchev–Trinajstić information content (AvgIpc) is 3.23. The second-order valence-electron chi connectivity index (χ2n) is 7.86. The highest BCUT2D eigenvalue weighted by molar-refractivity contribution is 9.10. The minimum Gasteiger partial charge on any atom is -0.272 e. The number of rotatable bonds is 6. The van der Waals surface area contributed by atoms with Gasteiger partial charge in [0.2, 0.25) is 0 Å². The van der Waals surface area contributed by atoms with Crippen molar-refractivity contribution in [2.24, 2.45) is 5.10 Å². The van der Waals surface area contributed by atoms with Crippen molar-refractivity contribution in [3.05, 3.63) is 85.4 Å². The predicted molar refractivity (Wildman–Crippen MR) is 142 cm³/mol. The lowest BCUT2D eigenvalue weighted by Gasteiger charge is -2.13. The van der Waals surface area contributed by atoms with Crippen LogP contribution in [0.5, 0.6) is 0 Å². The van der Waals surface area contributed by atoms with Gasteiger partial charge in [-0.05, 0) is 49.4 Å². The number of hydrogen-bond acceptors (Lipinski definition) is 6. The number of halogens is 1. The Morgan fingerprint density at radius 1 is 1.15 bits per heavy atom. The summed E-state index contributed by atoms with van der Waals surface area (Å²) in [6.45, 7) is 0. The third kappa shape index (κ3) is 4.73. The molecule has 0 radical (unpaired) electrons. The topological polar surface area (TPSA) is 76.3 Å². The van der Waals surface area contributed by atoms with Crippen molar-refractivity contribution in [1.29, 1.82) is 0 Å². The fourth-order valence-electron chi connectivity index (χ4n) is 4.00. The van der Waals surface area contributed by atoms with Gasteiger partial charge in [0.15, 0.2) is 5.16 Å². The van der Waals surface area contributed by atoms with Crippen molar-refractivity contribution in [1.82, 2.24) is 15.0 Å². The van der Waals surface area contributed by atoms with E-state index >= 15 is 0 Å². The normalized spacial score (nSPS) is 13.3. The molecule has 9 heteroatoms. The lowest BCUT2D eigenvalue weighted by molar-refractivity contribution is -0.118. The maximum atomic E-state index is 13.7. The SMILES string of the molecule is O=C(CSc1nc2sc3c(c2c(=O)n1-c1ccccc1)CCCC3)N/N=C\c1ccccc1Br. The molecule has 0 spiro atoms. The second-order valence-corrected chi connectivity index (χ2v) is 10.7. The van der Waals surface area contributed by atoms with Gasteiger partial charge in [0.05, 0.1) is 23.0 Å². The smallest absolute Gasteiger partial charge is 0.267 e. The number of carbonyl (C=O) groups is 1. The molecular formula is C25H21BrN4O2S2. The van der Waals surface area contributed by atoms with E-state index in [1.54, 1.807) is 22.1 Å². The molecule has 2 aromatic carbocycles. The molecule has 0 bridgehead atoms. The largest absolute Gasteiger partial charge is 0.272 e. The number of thioether (sulfide) groups is 1. The van der Waals surface area contributed by atoms with Crippen LogP contribution in [0.1, 0.15) is 28.8 Å². The Labute approximate surface area is 213 Å². The summed E-state index contributed by atoms with van der Waals surface area (Å²) in [7, 11) is 0. The Bertz CT molecular complexity index is 1450. The van der Waals surface area contributed by atoms with Crippen LogP contribution in [0, 0.1) is 0 Å². The van der Waals surface area contributed by atoms with Gasteiger partial charge in [0.25, 0.3) is 11.5 Å². The van der Waals surface area contributed by atoms with Crippen LogP contribution < -0.4 is 11.0 Å². The summed E-state index contributed by atoms with van der Waals surface area (Å²) < 4.78 is 2.53. The average molecular weight is 554 g/mol. The number of nitrogens with one attached hydrogen (secondary N) is 1. The van der Waals surface area contributed by atoms with Crippen molar-refractivity contribution < 1.29 is 4.79 Å². The molecule has 2 heterocycles. The third-order valence-corrected chi connectivity index (χ3v) is 8.45. The molecule has 0 saturated carbocycles. The Morgan fingerprint density at radius 3 is 2.74 bits per heavy atom. The maximum Gasteiger partial charge on any atom is 0.267 e. The van der Waals surface area contributed by atoms with Crippen molar-refractivity contribution in [3.63, 3.8) is 0 Å². The fourth-order valence-corrected chi connectivity index (χ4v) is 6.50. The molecule has 34 heavy (non-hydrogen) atoms. The number of amides is 1. The van der Waals surface area contributed by atoms with E-state index in [9.17, 15) is 9.59 Å². The molecule has 0 atom stereocenters. The Hall–Kier alpha value is -2.75. The number of thiophene rings is 1. The lowest BCUT2D eigenvalue weighted by Crippen LogP contribution is -2.24. The molecule has 5 rings (SSSR count). The number of aryl methyl sites for hydroxylation is 2. The summed E-state index contributed by atoms with van der Waals surface area (Å²) in [6.07, 6.45) is 5.76. The Kier molecular flexibility index (Phi) is 6.94. The van der Waals surface area contributed by atoms with Crippen LogP contribution in [0.2, 0.25) is 0 Å². The standard InChI is InChI=1S/C25H21BrN4O2S2/c26-19-12-6-4-8-16(19)14-27-29-21(31)15-33-25-28-23-22(18-11-5-7-13-20(18)34-23)24(32)30(25)17-9-2-1-3-10-17/h1-4,6,8-10,12,14H,5,7,11,13,15H2,(H,29,31)/b27-14-. The summed E-state index contributed by atoms with van der Waals surface area (Å²) in [4.78, 5) is 33.0. The van der Waals surface area contributed by atoms with Crippen LogP contribution >= 0.6 is 39.0 Å². The van der Waals surface area contributed by atoms with E-state index in [0.29, 0.717) is 5.16 Å². The van der Waals surface area contributed by atoms with Crippen LogP contribution in [0.3, 0.4) is 0 Å². The molecule has 0 unspecified atom stereocenters. The van der Waals surface area contributed by atoms with Crippen LogP contribution in [-0.2, 0) is 17.6 Å². The Morgan fingerprint density at radius 2 is 1.91 bits per heavy atom. The summed E-state index contributed by atoms with van der Waals surface area (Å²) in [5.41, 5.74) is 5.25. The first kappa shape index (κ1) is 23.0. The molecular weight excluding hydrogens is 532 g/mol. The summed E-state index contributed by atoms with van der Waals surface area (Å²) >= 11 is 6.31. The number of hydrogen-bond donors (Lipinski definition) is 1. The van der Waals surface area contributed by atoms with Gasteiger partial charge >= 0.3 is 0 Å². The van der Waals surface area contributed by atoms with Crippen molar-refractivity contribution >= 4 is 61.4 Å². The second kappa shape index (κ2) is 10.2. The summed E-state index contributed by atoms with van der Waals surface area (Å²) in [6, 6.07) is 17.1. The van der Waals surface area contributed by atoms with Gasteiger partial charge in [0.1, 0.15) is 4.83 Å². The van der Waals surface area contributed by atoms with Crippen LogP contribution in [0.15, 0.2) is 74.1 Å². The van der Waals surface area contributed by atoms with Gasteiger partial charge in [-0.25, -0.2) is 10.4 Å². The molecule has 1 N–H and O–H groups in total. The first-order valence-electron chi connectivity index (χ1n) is 10.9. The summed E-state index contributed by atoms with van der Waals surface area (Å²) in [5, 5.41) is 5.29. The van der Waals surface area contributed by atoms with Gasteiger partial charge in [-0.1, -0.05) is 64.1 Å². The van der Waals surface area contributed by atoms with Crippen molar-refractivity contribution in [2.45, 2.75) is 30.8 Å².